The molecule has 0 aliphatic carbocycles. The van der Waals surface area contributed by atoms with Crippen molar-refractivity contribution >= 4 is 24.2 Å². The van der Waals surface area contributed by atoms with E-state index in [0.29, 0.717) is 0 Å². The molecule has 3 aromatic carbocycles. The zero-order chi connectivity index (χ0) is 26.2. The first-order valence-electron chi connectivity index (χ1n) is 10.6. The van der Waals surface area contributed by atoms with Crippen LogP contribution in [0.25, 0.3) is 22.3 Å². The van der Waals surface area contributed by atoms with Crippen LogP contribution in [0.15, 0.2) is 97.1 Å². The van der Waals surface area contributed by atoms with E-state index in [-0.39, 0.29) is 22.6 Å². The smallest absolute Gasteiger partial charge is 0.395 e. The Morgan fingerprint density at radius 1 is 0.500 bits per heavy atom. The van der Waals surface area contributed by atoms with E-state index in [1.54, 1.807) is 48.5 Å². The maximum atomic E-state index is 11.6. The summed E-state index contributed by atoms with van der Waals surface area (Å²) in [5.41, 5.74) is 3.79. The summed E-state index contributed by atoms with van der Waals surface area (Å²) in [4.78, 5) is 46.0. The SMILES string of the molecule is C=C(C)C(=O)OC(=O)Oc1ccc(-c2ccc(-c3ccc(OC(=O)OC(=O)C(=C)C)cc3)cc2)cc1. The maximum Gasteiger partial charge on any atom is 0.521 e. The van der Waals surface area contributed by atoms with Crippen LogP contribution in [0.4, 0.5) is 9.59 Å². The van der Waals surface area contributed by atoms with Gasteiger partial charge in [-0.05, 0) is 60.4 Å². The highest BCUT2D eigenvalue weighted by atomic mass is 16.7. The molecule has 0 N–H and O–H groups in total. The van der Waals surface area contributed by atoms with Crippen LogP contribution in [0.2, 0.25) is 0 Å². The second-order valence-corrected chi connectivity index (χ2v) is 7.67. The van der Waals surface area contributed by atoms with Gasteiger partial charge in [0.05, 0.1) is 0 Å². The number of carbonyl (C=O) groups is 4. The number of hydrogen-bond donors (Lipinski definition) is 0. The first kappa shape index (κ1) is 25.6. The van der Waals surface area contributed by atoms with Crippen LogP contribution in [-0.4, -0.2) is 24.2 Å². The Kier molecular flexibility index (Phi) is 8.14. The Morgan fingerprint density at radius 3 is 1.00 bits per heavy atom. The third kappa shape index (κ3) is 7.01. The highest BCUT2D eigenvalue weighted by Crippen LogP contribution is 2.27. The average Bonchev–Trinajstić information content (AvgIpc) is 2.85. The molecule has 3 rings (SSSR count). The van der Waals surface area contributed by atoms with E-state index < -0.39 is 24.2 Å². The van der Waals surface area contributed by atoms with Crippen molar-refractivity contribution in [2.75, 3.05) is 0 Å². The van der Waals surface area contributed by atoms with Crippen LogP contribution in [0.5, 0.6) is 11.5 Å². The first-order chi connectivity index (χ1) is 17.1. The molecule has 8 heteroatoms. The Balaban J connectivity index is 1.60. The summed E-state index contributed by atoms with van der Waals surface area (Å²) < 4.78 is 18.9. The summed E-state index contributed by atoms with van der Waals surface area (Å²) in [5.74, 6) is -1.25. The van der Waals surface area contributed by atoms with Crippen molar-refractivity contribution in [2.45, 2.75) is 13.8 Å². The molecule has 0 spiro atoms. The molecule has 0 fully saturated rings. The van der Waals surface area contributed by atoms with Gasteiger partial charge in [0.25, 0.3) is 0 Å². The molecule has 3 aromatic rings. The molecule has 0 atom stereocenters. The van der Waals surface area contributed by atoms with Gasteiger partial charge in [-0.1, -0.05) is 61.7 Å². The highest BCUT2D eigenvalue weighted by molar-refractivity contribution is 5.94. The molecule has 0 radical (unpaired) electrons. The van der Waals surface area contributed by atoms with Crippen LogP contribution in [0.3, 0.4) is 0 Å². The Bertz CT molecular complexity index is 1210. The Morgan fingerprint density at radius 2 is 0.750 bits per heavy atom. The lowest BCUT2D eigenvalue weighted by Gasteiger charge is -2.08. The average molecular weight is 486 g/mol. The topological polar surface area (TPSA) is 105 Å². The number of carbonyl (C=O) groups excluding carboxylic acids is 4. The van der Waals surface area contributed by atoms with Crippen molar-refractivity contribution in [1.29, 1.82) is 0 Å². The lowest BCUT2D eigenvalue weighted by Crippen LogP contribution is -2.16. The van der Waals surface area contributed by atoms with Crippen molar-refractivity contribution in [1.82, 2.24) is 0 Å². The van der Waals surface area contributed by atoms with E-state index in [1.165, 1.54) is 13.8 Å². The van der Waals surface area contributed by atoms with E-state index in [9.17, 15) is 19.2 Å². The Hall–Kier alpha value is -4.98. The minimum Gasteiger partial charge on any atom is -0.395 e. The summed E-state index contributed by atoms with van der Waals surface area (Å²) in [6, 6.07) is 21.1. The third-order valence-corrected chi connectivity index (χ3v) is 4.71. The fraction of sp³-hybridized carbons (Fsp3) is 0.0714. The van der Waals surface area contributed by atoms with Gasteiger partial charge >= 0.3 is 24.2 Å². The van der Waals surface area contributed by atoms with Gasteiger partial charge in [0.1, 0.15) is 11.5 Å². The van der Waals surface area contributed by atoms with Crippen molar-refractivity contribution in [3.05, 3.63) is 97.1 Å². The fourth-order valence-corrected chi connectivity index (χ4v) is 2.85. The largest absolute Gasteiger partial charge is 0.521 e. The van der Waals surface area contributed by atoms with E-state index in [1.807, 2.05) is 24.3 Å². The van der Waals surface area contributed by atoms with Crippen molar-refractivity contribution in [2.24, 2.45) is 0 Å². The molecule has 0 aliphatic heterocycles. The van der Waals surface area contributed by atoms with E-state index >= 15 is 0 Å². The van der Waals surface area contributed by atoms with Gasteiger partial charge < -0.3 is 18.9 Å². The summed E-state index contributed by atoms with van der Waals surface area (Å²) in [6.45, 7) is 9.64. The number of ether oxygens (including phenoxy) is 4. The maximum absolute atomic E-state index is 11.6. The quantitative estimate of drug-likeness (QED) is 0.174. The normalized spacial score (nSPS) is 10.1. The summed E-state index contributed by atoms with van der Waals surface area (Å²) >= 11 is 0. The van der Waals surface area contributed by atoms with Gasteiger partial charge in [-0.2, -0.15) is 0 Å². The zero-order valence-corrected chi connectivity index (χ0v) is 19.6. The lowest BCUT2D eigenvalue weighted by atomic mass is 10.0. The van der Waals surface area contributed by atoms with E-state index in [2.05, 4.69) is 22.6 Å². The molecule has 182 valence electrons. The minimum absolute atomic E-state index is 0.0896. The number of esters is 2. The predicted molar refractivity (Wildman–Crippen MR) is 131 cm³/mol. The van der Waals surface area contributed by atoms with Gasteiger partial charge in [0.15, 0.2) is 0 Å². The van der Waals surface area contributed by atoms with Crippen molar-refractivity contribution in [3.8, 4) is 33.8 Å². The van der Waals surface area contributed by atoms with Gasteiger partial charge in [-0.15, -0.1) is 0 Å². The lowest BCUT2D eigenvalue weighted by molar-refractivity contribution is -0.135. The molecule has 8 nitrogen and oxygen atoms in total. The molecule has 0 saturated heterocycles. The first-order valence-corrected chi connectivity index (χ1v) is 10.6. The summed E-state index contributed by atoms with van der Waals surface area (Å²) in [5, 5.41) is 0. The number of rotatable bonds is 6. The third-order valence-electron chi connectivity index (χ3n) is 4.71. The molecule has 0 unspecified atom stereocenters. The van der Waals surface area contributed by atoms with Gasteiger partial charge in [0, 0.05) is 11.1 Å². The molecule has 0 amide bonds. The minimum atomic E-state index is -1.13. The van der Waals surface area contributed by atoms with Crippen LogP contribution in [0, 0.1) is 0 Å². The molecule has 36 heavy (non-hydrogen) atoms. The second-order valence-electron chi connectivity index (χ2n) is 7.67. The standard InChI is InChI=1S/C28H22O8/c1-17(2)25(29)35-27(31)33-23-13-9-21(10-14-23)19-5-7-20(8-6-19)22-11-15-24(16-12-22)34-28(32)36-26(30)18(3)4/h5-16H,1,3H2,2,4H3. The number of hydrogen-bond acceptors (Lipinski definition) is 8. The molecular weight excluding hydrogens is 464 g/mol. The number of benzene rings is 3. The van der Waals surface area contributed by atoms with E-state index in [4.69, 9.17) is 9.47 Å². The zero-order valence-electron chi connectivity index (χ0n) is 19.6. The van der Waals surface area contributed by atoms with Gasteiger partial charge in [-0.3, -0.25) is 0 Å². The molecule has 0 heterocycles. The molecule has 0 bridgehead atoms. The van der Waals surface area contributed by atoms with Gasteiger partial charge in [0.2, 0.25) is 0 Å². The van der Waals surface area contributed by atoms with Crippen LogP contribution < -0.4 is 9.47 Å². The van der Waals surface area contributed by atoms with Crippen LogP contribution in [-0.2, 0) is 19.1 Å². The fourth-order valence-electron chi connectivity index (χ4n) is 2.85. The van der Waals surface area contributed by atoms with E-state index in [0.717, 1.165) is 22.3 Å². The second kappa shape index (κ2) is 11.4. The molecular formula is C28H22O8. The van der Waals surface area contributed by atoms with Gasteiger partial charge in [-0.25, -0.2) is 19.2 Å². The Labute approximate surface area is 207 Å². The highest BCUT2D eigenvalue weighted by Gasteiger charge is 2.14. The van der Waals surface area contributed by atoms with Crippen molar-refractivity contribution < 1.29 is 38.1 Å². The van der Waals surface area contributed by atoms with Crippen LogP contribution in [0.1, 0.15) is 13.8 Å². The predicted octanol–water partition coefficient (Wildman–Crippen LogP) is 6.26. The summed E-state index contributed by atoms with van der Waals surface area (Å²) in [7, 11) is 0. The molecule has 0 aliphatic rings. The monoisotopic (exact) mass is 486 g/mol. The van der Waals surface area contributed by atoms with Crippen LogP contribution >= 0.6 is 0 Å². The summed E-state index contributed by atoms with van der Waals surface area (Å²) in [6.07, 6.45) is -2.26. The molecule has 0 aromatic heterocycles. The van der Waals surface area contributed by atoms with Crippen molar-refractivity contribution in [3.63, 3.8) is 0 Å². The molecule has 0 saturated carbocycles.